The highest BCUT2D eigenvalue weighted by Gasteiger charge is 2.46. The molecule has 1 amide bonds. The van der Waals surface area contributed by atoms with E-state index in [-0.39, 0.29) is 29.1 Å². The van der Waals surface area contributed by atoms with Gasteiger partial charge in [-0.15, -0.1) is 0 Å². The number of benzene rings is 2. The number of aliphatic hydroxyl groups excluding tert-OH is 1. The quantitative estimate of drug-likeness (QED) is 0.113. The predicted octanol–water partition coefficient (Wildman–Crippen LogP) is 5.22. The van der Waals surface area contributed by atoms with E-state index in [2.05, 4.69) is 18.7 Å². The van der Waals surface area contributed by atoms with Crippen molar-refractivity contribution in [2.75, 3.05) is 26.2 Å². The lowest BCUT2D eigenvalue weighted by Crippen LogP contribution is -2.34. The fourth-order valence-corrected chi connectivity index (χ4v) is 4.72. The number of rotatable bonds is 14. The Hall–Kier alpha value is -4.12. The second-order valence-electron chi connectivity index (χ2n) is 9.55. The minimum atomic E-state index is -0.996. The Labute approximate surface area is 227 Å². The van der Waals surface area contributed by atoms with Crippen LogP contribution in [0.15, 0.2) is 54.1 Å². The lowest BCUT2D eigenvalue weighted by molar-refractivity contribution is -0.385. The average Bonchev–Trinajstić information content (AvgIpc) is 3.18. The van der Waals surface area contributed by atoms with E-state index in [1.807, 2.05) is 0 Å². The van der Waals surface area contributed by atoms with Gasteiger partial charge in [0.2, 0.25) is 0 Å². The maximum atomic E-state index is 13.2. The van der Waals surface area contributed by atoms with Crippen molar-refractivity contribution < 1.29 is 24.5 Å². The number of carbonyl (C=O) groups is 2. The van der Waals surface area contributed by atoms with Crippen molar-refractivity contribution in [3.05, 3.63) is 85.5 Å². The highest BCUT2D eigenvalue weighted by molar-refractivity contribution is 6.46. The van der Waals surface area contributed by atoms with Crippen molar-refractivity contribution in [2.45, 2.75) is 52.0 Å². The molecule has 0 aliphatic carbocycles. The fourth-order valence-electron chi connectivity index (χ4n) is 4.72. The molecule has 2 aromatic rings. The molecule has 39 heavy (non-hydrogen) atoms. The molecule has 0 radical (unpaired) electrons. The van der Waals surface area contributed by atoms with E-state index in [1.54, 1.807) is 0 Å². The van der Waals surface area contributed by atoms with E-state index in [0.717, 1.165) is 51.4 Å². The molecule has 3 rings (SSSR count). The Bertz CT molecular complexity index is 1230. The van der Waals surface area contributed by atoms with Crippen LogP contribution in [0.25, 0.3) is 5.76 Å². The zero-order valence-corrected chi connectivity index (χ0v) is 22.2. The van der Waals surface area contributed by atoms with E-state index in [1.165, 1.54) is 47.4 Å². The zero-order valence-electron chi connectivity index (χ0n) is 22.2. The first kappa shape index (κ1) is 29.4. The van der Waals surface area contributed by atoms with Gasteiger partial charge in [-0.1, -0.05) is 38.8 Å². The number of non-ortho nitro benzene ring substituents is 2. The molecule has 208 valence electrons. The predicted molar refractivity (Wildman–Crippen MR) is 146 cm³/mol. The molecule has 1 aliphatic rings. The number of carbonyl (C=O) groups excluding carboxylic acids is 2. The summed E-state index contributed by atoms with van der Waals surface area (Å²) in [6.45, 7) is 7.08. The molecule has 0 spiro atoms. The Balaban J connectivity index is 1.98. The number of nitro benzene ring substituents is 2. The molecule has 0 bridgehead atoms. The summed E-state index contributed by atoms with van der Waals surface area (Å²) in [6.07, 6.45) is 4.82. The van der Waals surface area contributed by atoms with E-state index in [4.69, 9.17) is 0 Å². The molecule has 0 aromatic heterocycles. The van der Waals surface area contributed by atoms with Crippen molar-refractivity contribution >= 4 is 28.8 Å². The van der Waals surface area contributed by atoms with Crippen LogP contribution in [0.3, 0.4) is 0 Å². The van der Waals surface area contributed by atoms with Crippen molar-refractivity contribution in [1.82, 2.24) is 9.80 Å². The summed E-state index contributed by atoms with van der Waals surface area (Å²) in [5.41, 5.74) is -0.195. The average molecular weight is 539 g/mol. The van der Waals surface area contributed by atoms with Gasteiger partial charge < -0.3 is 14.9 Å². The maximum Gasteiger partial charge on any atom is 0.295 e. The molecule has 1 saturated heterocycles. The molecule has 1 fully saturated rings. The first-order valence-corrected chi connectivity index (χ1v) is 13.2. The lowest BCUT2D eigenvalue weighted by atomic mass is 9.95. The van der Waals surface area contributed by atoms with Gasteiger partial charge in [-0.3, -0.25) is 29.8 Å². The topological polar surface area (TPSA) is 147 Å². The van der Waals surface area contributed by atoms with Gasteiger partial charge in [0, 0.05) is 36.4 Å². The molecular formula is C28H34N4O7. The van der Waals surface area contributed by atoms with Gasteiger partial charge in [0.05, 0.1) is 21.5 Å². The van der Waals surface area contributed by atoms with Gasteiger partial charge in [0.15, 0.2) is 0 Å². The van der Waals surface area contributed by atoms with Crippen molar-refractivity contribution in [1.29, 1.82) is 0 Å². The van der Waals surface area contributed by atoms with Crippen LogP contribution in [0.5, 0.6) is 0 Å². The summed E-state index contributed by atoms with van der Waals surface area (Å²) in [6, 6.07) is 9.66. The lowest BCUT2D eigenvalue weighted by Gasteiger charge is -2.27. The number of nitrogens with zero attached hydrogens (tertiary/aromatic N) is 4. The number of aliphatic hydroxyl groups is 1. The smallest absolute Gasteiger partial charge is 0.295 e. The van der Waals surface area contributed by atoms with Crippen LogP contribution in [-0.2, 0) is 9.59 Å². The molecule has 1 heterocycles. The third kappa shape index (κ3) is 7.05. The maximum absolute atomic E-state index is 13.2. The first-order valence-electron chi connectivity index (χ1n) is 13.2. The van der Waals surface area contributed by atoms with E-state index >= 15 is 0 Å². The Morgan fingerprint density at radius 2 is 1.49 bits per heavy atom. The second kappa shape index (κ2) is 13.6. The molecule has 11 heteroatoms. The largest absolute Gasteiger partial charge is 0.507 e. The van der Waals surface area contributed by atoms with E-state index in [9.17, 15) is 34.9 Å². The van der Waals surface area contributed by atoms with Gasteiger partial charge >= 0.3 is 0 Å². The molecule has 1 N–H and O–H groups in total. The highest BCUT2D eigenvalue weighted by atomic mass is 16.6. The number of Topliss-reactive ketones (excluding diaryl/α,β-unsaturated/α-hetero) is 1. The third-order valence-electron chi connectivity index (χ3n) is 6.82. The zero-order chi connectivity index (χ0) is 28.5. The Morgan fingerprint density at radius 3 is 2.05 bits per heavy atom. The van der Waals surface area contributed by atoms with Crippen LogP contribution in [0.4, 0.5) is 11.4 Å². The second-order valence-corrected chi connectivity index (χ2v) is 9.55. The van der Waals surface area contributed by atoms with Crippen molar-refractivity contribution in [3.63, 3.8) is 0 Å². The SMILES string of the molecule is CCCCN(CCCC)CCCN1C(=O)C(=O)C(=C(O)c2cccc([N+](=O)[O-])c2)[C@H]1c1ccc([N+](=O)[O-])cc1. The van der Waals surface area contributed by atoms with Crippen LogP contribution < -0.4 is 0 Å². The summed E-state index contributed by atoms with van der Waals surface area (Å²) in [4.78, 5) is 51.4. The monoisotopic (exact) mass is 538 g/mol. The Kier molecular flexibility index (Phi) is 10.3. The van der Waals surface area contributed by atoms with Gasteiger partial charge in [0.25, 0.3) is 23.1 Å². The summed E-state index contributed by atoms with van der Waals surface area (Å²) in [7, 11) is 0. The van der Waals surface area contributed by atoms with Gasteiger partial charge in [-0.05, 0) is 56.6 Å². The fraction of sp³-hybridized carbons (Fsp3) is 0.429. The number of nitro groups is 2. The normalized spacial score (nSPS) is 16.7. The summed E-state index contributed by atoms with van der Waals surface area (Å²) < 4.78 is 0. The molecule has 11 nitrogen and oxygen atoms in total. The molecular weight excluding hydrogens is 504 g/mol. The first-order chi connectivity index (χ1) is 18.7. The van der Waals surface area contributed by atoms with E-state index < -0.39 is 33.3 Å². The van der Waals surface area contributed by atoms with Crippen molar-refractivity contribution in [2.24, 2.45) is 0 Å². The standard InChI is InChI=1S/C28H34N4O7/c1-3-5-15-29(16-6-4-2)17-8-18-30-25(20-11-13-22(14-12-20)31(36)37)24(27(34)28(30)35)26(33)21-9-7-10-23(19-21)32(38)39/h7,9-14,19,25,33H,3-6,8,15-18H2,1-2H3/t25-/m1/s1. The number of likely N-dealkylation sites (tertiary alicyclic amines) is 1. The van der Waals surface area contributed by atoms with Crippen molar-refractivity contribution in [3.8, 4) is 0 Å². The third-order valence-corrected chi connectivity index (χ3v) is 6.82. The minimum Gasteiger partial charge on any atom is -0.507 e. The number of unbranched alkanes of at least 4 members (excludes halogenated alkanes) is 2. The van der Waals surface area contributed by atoms with E-state index in [0.29, 0.717) is 12.0 Å². The number of hydrogen-bond acceptors (Lipinski definition) is 8. The molecule has 0 unspecified atom stereocenters. The molecule has 1 aliphatic heterocycles. The number of hydrogen-bond donors (Lipinski definition) is 1. The van der Waals surface area contributed by atoms with Crippen LogP contribution in [0.1, 0.15) is 63.1 Å². The Morgan fingerprint density at radius 1 is 0.897 bits per heavy atom. The van der Waals surface area contributed by atoms with Gasteiger partial charge in [-0.25, -0.2) is 0 Å². The van der Waals surface area contributed by atoms with Crippen LogP contribution >= 0.6 is 0 Å². The molecule has 1 atom stereocenters. The highest BCUT2D eigenvalue weighted by Crippen LogP contribution is 2.40. The van der Waals surface area contributed by atoms with Gasteiger partial charge in [0.1, 0.15) is 5.76 Å². The summed E-state index contributed by atoms with van der Waals surface area (Å²) >= 11 is 0. The summed E-state index contributed by atoms with van der Waals surface area (Å²) in [5.74, 6) is -2.23. The van der Waals surface area contributed by atoms with Crippen LogP contribution in [-0.4, -0.2) is 62.6 Å². The minimum absolute atomic E-state index is 0.0272. The number of amides is 1. The van der Waals surface area contributed by atoms with Crippen LogP contribution in [0, 0.1) is 20.2 Å². The van der Waals surface area contributed by atoms with Gasteiger partial charge in [-0.2, -0.15) is 0 Å². The van der Waals surface area contributed by atoms with Crippen LogP contribution in [0.2, 0.25) is 0 Å². The summed E-state index contributed by atoms with van der Waals surface area (Å²) in [5, 5.41) is 33.6. The number of ketones is 1. The molecule has 2 aromatic carbocycles. The molecule has 0 saturated carbocycles.